The third-order valence-electron chi connectivity index (χ3n) is 8.18. The molecule has 1 saturated heterocycles. The number of carbonyl (C=O) groups excluding carboxylic acids is 3. The van der Waals surface area contributed by atoms with E-state index in [0.717, 1.165) is 16.7 Å². The Kier molecular flexibility index (Phi) is 11.9. The molecule has 3 aromatic rings. The standard InChI is InChI=1S/C34H41F3N6O3/c1-3-24-11-12-28(18-27(24)19-30(44)42-29-10-6-7-15-40-29)41-31(45)22-43(21-26-9-5-4-8-25(26)20-38-2)32(46)33(23-34(35,36)37)13-16-39-17-14-33/h4-12,15,18,38-39H,3,13-14,16-17,19-23H2,1-2H3,(H,41,45)(H,40,42,44). The first kappa shape index (κ1) is 34.6. The lowest BCUT2D eigenvalue weighted by molar-refractivity contribution is -0.178. The third-order valence-corrected chi connectivity index (χ3v) is 8.18. The Bertz CT molecular complexity index is 1490. The minimum atomic E-state index is -4.55. The average Bonchev–Trinajstić information content (AvgIpc) is 3.01. The summed E-state index contributed by atoms with van der Waals surface area (Å²) < 4.78 is 41.6. The molecular formula is C34H41F3N6O3. The zero-order chi connectivity index (χ0) is 33.2. The highest BCUT2D eigenvalue weighted by molar-refractivity contribution is 5.96. The van der Waals surface area contributed by atoms with Crippen molar-refractivity contribution in [2.24, 2.45) is 5.41 Å². The number of rotatable bonds is 13. The molecule has 2 heterocycles. The fourth-order valence-corrected chi connectivity index (χ4v) is 5.95. The quantitative estimate of drug-likeness (QED) is 0.213. The van der Waals surface area contributed by atoms with Gasteiger partial charge in [-0.1, -0.05) is 43.3 Å². The van der Waals surface area contributed by atoms with Gasteiger partial charge in [0.1, 0.15) is 12.4 Å². The van der Waals surface area contributed by atoms with Crippen LogP contribution in [0, 0.1) is 5.41 Å². The molecule has 1 aliphatic rings. The summed E-state index contributed by atoms with van der Waals surface area (Å²) >= 11 is 0. The second kappa shape index (κ2) is 15.8. The second-order valence-electron chi connectivity index (χ2n) is 11.6. The highest BCUT2D eigenvalue weighted by Gasteiger charge is 2.49. The molecule has 46 heavy (non-hydrogen) atoms. The normalized spacial score (nSPS) is 14.4. The molecule has 12 heteroatoms. The summed E-state index contributed by atoms with van der Waals surface area (Å²) in [5, 5.41) is 11.7. The van der Waals surface area contributed by atoms with Gasteiger partial charge in [-0.15, -0.1) is 0 Å². The van der Waals surface area contributed by atoms with Crippen molar-refractivity contribution in [2.75, 3.05) is 37.3 Å². The Labute approximate surface area is 267 Å². The van der Waals surface area contributed by atoms with Crippen molar-refractivity contribution in [3.05, 3.63) is 89.1 Å². The molecular weight excluding hydrogens is 597 g/mol. The van der Waals surface area contributed by atoms with Gasteiger partial charge in [-0.25, -0.2) is 4.98 Å². The molecule has 0 bridgehead atoms. The summed E-state index contributed by atoms with van der Waals surface area (Å²) in [4.78, 5) is 45.7. The van der Waals surface area contributed by atoms with Crippen LogP contribution in [-0.2, 0) is 40.3 Å². The smallest absolute Gasteiger partial charge is 0.329 e. The predicted octanol–water partition coefficient (Wildman–Crippen LogP) is 4.83. The number of anilines is 2. The number of nitrogens with one attached hydrogen (secondary N) is 4. The van der Waals surface area contributed by atoms with Gasteiger partial charge < -0.3 is 26.2 Å². The van der Waals surface area contributed by atoms with Gasteiger partial charge in [0.05, 0.1) is 18.3 Å². The molecule has 0 atom stereocenters. The van der Waals surface area contributed by atoms with E-state index in [4.69, 9.17) is 0 Å². The molecule has 4 rings (SSSR count). The van der Waals surface area contributed by atoms with Gasteiger partial charge >= 0.3 is 6.18 Å². The van der Waals surface area contributed by atoms with Crippen molar-refractivity contribution >= 4 is 29.2 Å². The summed E-state index contributed by atoms with van der Waals surface area (Å²) in [5.74, 6) is -1.09. The highest BCUT2D eigenvalue weighted by atomic mass is 19.4. The van der Waals surface area contributed by atoms with Gasteiger partial charge in [0.2, 0.25) is 17.7 Å². The van der Waals surface area contributed by atoms with E-state index in [9.17, 15) is 27.6 Å². The largest absolute Gasteiger partial charge is 0.390 e. The number of amides is 3. The van der Waals surface area contributed by atoms with E-state index in [1.54, 1.807) is 49.6 Å². The van der Waals surface area contributed by atoms with Crippen molar-refractivity contribution in [1.29, 1.82) is 0 Å². The molecule has 0 spiro atoms. The van der Waals surface area contributed by atoms with Gasteiger partial charge in [0, 0.05) is 25.0 Å². The van der Waals surface area contributed by atoms with Crippen molar-refractivity contribution in [3.63, 3.8) is 0 Å². The SMILES string of the molecule is CCc1ccc(NC(=O)CN(Cc2ccccc2CNC)C(=O)C2(CC(F)(F)F)CCNCC2)cc1CC(=O)Nc1ccccn1. The van der Waals surface area contributed by atoms with Crippen LogP contribution in [0.3, 0.4) is 0 Å². The summed E-state index contributed by atoms with van der Waals surface area (Å²) in [7, 11) is 1.78. The Morgan fingerprint density at radius 1 is 0.913 bits per heavy atom. The van der Waals surface area contributed by atoms with Gasteiger partial charge in [0.25, 0.3) is 0 Å². The van der Waals surface area contributed by atoms with E-state index in [2.05, 4.69) is 26.3 Å². The van der Waals surface area contributed by atoms with Crippen LogP contribution in [0.4, 0.5) is 24.7 Å². The first-order valence-corrected chi connectivity index (χ1v) is 15.4. The Morgan fingerprint density at radius 3 is 2.28 bits per heavy atom. The van der Waals surface area contributed by atoms with E-state index in [-0.39, 0.29) is 44.8 Å². The monoisotopic (exact) mass is 638 g/mol. The molecule has 246 valence electrons. The first-order chi connectivity index (χ1) is 22.0. The predicted molar refractivity (Wildman–Crippen MR) is 171 cm³/mol. The van der Waals surface area contributed by atoms with Crippen LogP contribution in [0.25, 0.3) is 0 Å². The number of aromatic nitrogens is 1. The van der Waals surface area contributed by atoms with Gasteiger partial charge in [-0.2, -0.15) is 13.2 Å². The lowest BCUT2D eigenvalue weighted by Gasteiger charge is -2.40. The Morgan fingerprint density at radius 2 is 1.63 bits per heavy atom. The first-order valence-electron chi connectivity index (χ1n) is 15.4. The van der Waals surface area contributed by atoms with Crippen LogP contribution in [0.1, 0.15) is 48.4 Å². The summed E-state index contributed by atoms with van der Waals surface area (Å²) in [6.45, 7) is 2.54. The van der Waals surface area contributed by atoms with E-state index in [0.29, 0.717) is 30.0 Å². The number of alkyl halides is 3. The maximum atomic E-state index is 14.1. The molecule has 4 N–H and O–H groups in total. The maximum absolute atomic E-state index is 14.1. The number of benzene rings is 2. The number of carbonyl (C=O) groups is 3. The van der Waals surface area contributed by atoms with Gasteiger partial charge in [0.15, 0.2) is 0 Å². The van der Waals surface area contributed by atoms with Crippen LogP contribution >= 0.6 is 0 Å². The number of halogens is 3. The molecule has 2 aromatic carbocycles. The molecule has 0 radical (unpaired) electrons. The lowest BCUT2D eigenvalue weighted by atomic mass is 9.74. The Hall–Kier alpha value is -4.29. The van der Waals surface area contributed by atoms with Crippen molar-refractivity contribution in [3.8, 4) is 0 Å². The Balaban J connectivity index is 1.57. The minimum Gasteiger partial charge on any atom is -0.329 e. The van der Waals surface area contributed by atoms with Crippen LogP contribution in [0.5, 0.6) is 0 Å². The van der Waals surface area contributed by atoms with Crippen LogP contribution in [0.15, 0.2) is 66.9 Å². The zero-order valence-electron chi connectivity index (χ0n) is 26.2. The molecule has 1 aliphatic heterocycles. The molecule has 0 saturated carbocycles. The number of aryl methyl sites for hydroxylation is 1. The molecule has 1 fully saturated rings. The van der Waals surface area contributed by atoms with Crippen LogP contribution in [0.2, 0.25) is 0 Å². The third kappa shape index (κ3) is 9.60. The molecule has 9 nitrogen and oxygen atoms in total. The number of hydrogen-bond acceptors (Lipinski definition) is 6. The average molecular weight is 639 g/mol. The summed E-state index contributed by atoms with van der Waals surface area (Å²) in [6, 6.07) is 17.8. The van der Waals surface area contributed by atoms with Crippen molar-refractivity contribution in [1.82, 2.24) is 20.5 Å². The van der Waals surface area contributed by atoms with Crippen LogP contribution in [-0.4, -0.2) is 60.5 Å². The molecule has 0 unspecified atom stereocenters. The number of piperidine rings is 1. The van der Waals surface area contributed by atoms with Crippen molar-refractivity contribution in [2.45, 2.75) is 58.3 Å². The summed E-state index contributed by atoms with van der Waals surface area (Å²) in [6.07, 6.45) is -3.49. The van der Waals surface area contributed by atoms with Gasteiger partial charge in [-0.3, -0.25) is 14.4 Å². The van der Waals surface area contributed by atoms with Crippen LogP contribution < -0.4 is 21.3 Å². The summed E-state index contributed by atoms with van der Waals surface area (Å²) in [5.41, 5.74) is 2.00. The van der Waals surface area contributed by atoms with E-state index >= 15 is 0 Å². The van der Waals surface area contributed by atoms with Gasteiger partial charge in [-0.05, 0) is 85.9 Å². The number of pyridine rings is 1. The van der Waals surface area contributed by atoms with E-state index in [1.807, 2.05) is 31.2 Å². The fraction of sp³-hybridized carbons (Fsp3) is 0.412. The number of hydrogen-bond donors (Lipinski definition) is 4. The molecule has 3 amide bonds. The lowest BCUT2D eigenvalue weighted by Crippen LogP contribution is -2.52. The fourth-order valence-electron chi connectivity index (χ4n) is 5.95. The van der Waals surface area contributed by atoms with Crippen molar-refractivity contribution < 1.29 is 27.6 Å². The molecule has 0 aliphatic carbocycles. The van der Waals surface area contributed by atoms with E-state index < -0.39 is 36.4 Å². The topological polar surface area (TPSA) is 115 Å². The minimum absolute atomic E-state index is 0.0179. The number of nitrogens with zero attached hydrogens (tertiary/aromatic N) is 2. The highest BCUT2D eigenvalue weighted by Crippen LogP contribution is 2.42. The zero-order valence-corrected chi connectivity index (χ0v) is 26.2. The maximum Gasteiger partial charge on any atom is 0.390 e. The van der Waals surface area contributed by atoms with E-state index in [1.165, 1.54) is 4.90 Å². The second-order valence-corrected chi connectivity index (χ2v) is 11.6. The molecule has 1 aromatic heterocycles.